The Morgan fingerprint density at radius 2 is 1.83 bits per heavy atom. The fourth-order valence-electron chi connectivity index (χ4n) is 2.05. The maximum Gasteiger partial charge on any atom is 0.397 e. The molecule has 6 heteroatoms. The van der Waals surface area contributed by atoms with Gasteiger partial charge in [0.1, 0.15) is 0 Å². The van der Waals surface area contributed by atoms with E-state index in [4.69, 9.17) is 4.55 Å². The Morgan fingerprint density at radius 1 is 1.17 bits per heavy atom. The number of rotatable bonds is 13. The molecule has 138 valence electrons. The van der Waals surface area contributed by atoms with Gasteiger partial charge in [-0.2, -0.15) is 8.42 Å². The minimum atomic E-state index is -4.57. The van der Waals surface area contributed by atoms with Crippen molar-refractivity contribution in [3.05, 3.63) is 49.1 Å². The van der Waals surface area contributed by atoms with Crippen LogP contribution in [0.3, 0.4) is 0 Å². The van der Waals surface area contributed by atoms with Crippen molar-refractivity contribution in [1.29, 1.82) is 0 Å². The lowest BCUT2D eigenvalue weighted by Gasteiger charge is -2.24. The van der Waals surface area contributed by atoms with Crippen LogP contribution in [-0.2, 0) is 14.6 Å². The lowest BCUT2D eigenvalue weighted by Crippen LogP contribution is -2.32. The van der Waals surface area contributed by atoms with Gasteiger partial charge >= 0.3 is 10.4 Å². The third-order valence-corrected chi connectivity index (χ3v) is 4.01. The summed E-state index contributed by atoms with van der Waals surface area (Å²) in [7, 11) is -4.57. The van der Waals surface area contributed by atoms with Crippen LogP contribution in [0, 0.1) is 5.92 Å². The van der Waals surface area contributed by atoms with E-state index in [1.54, 1.807) is 25.2 Å². The Morgan fingerprint density at radius 3 is 2.42 bits per heavy atom. The first-order chi connectivity index (χ1) is 11.3. The van der Waals surface area contributed by atoms with Gasteiger partial charge < -0.3 is 5.11 Å². The average Bonchev–Trinajstić information content (AvgIpc) is 2.50. The Bertz CT molecular complexity index is 520. The average molecular weight is 359 g/mol. The molecule has 5 nitrogen and oxygen atoms in total. The van der Waals surface area contributed by atoms with Gasteiger partial charge in [0.2, 0.25) is 0 Å². The Hall–Kier alpha value is -1.21. The number of unbranched alkanes of at least 4 members (excludes halogenated alkanes) is 3. The van der Waals surface area contributed by atoms with E-state index in [9.17, 15) is 13.5 Å². The van der Waals surface area contributed by atoms with E-state index >= 15 is 0 Å². The Labute approximate surface area is 146 Å². The Balaban J connectivity index is 4.44. The monoisotopic (exact) mass is 358 g/mol. The lowest BCUT2D eigenvalue weighted by atomic mass is 9.95. The van der Waals surface area contributed by atoms with E-state index in [0.29, 0.717) is 0 Å². The van der Waals surface area contributed by atoms with E-state index in [-0.39, 0.29) is 6.42 Å². The van der Waals surface area contributed by atoms with Gasteiger partial charge in [0.15, 0.2) is 0 Å². The van der Waals surface area contributed by atoms with Crippen molar-refractivity contribution in [1.82, 2.24) is 0 Å². The fourth-order valence-corrected chi connectivity index (χ4v) is 2.62. The zero-order valence-corrected chi connectivity index (χ0v) is 15.4. The van der Waals surface area contributed by atoms with E-state index in [1.807, 2.05) is 12.2 Å². The molecule has 0 aromatic heterocycles. The molecule has 0 saturated carbocycles. The van der Waals surface area contributed by atoms with Crippen LogP contribution in [0.4, 0.5) is 0 Å². The smallest absolute Gasteiger partial charge is 0.389 e. The molecule has 24 heavy (non-hydrogen) atoms. The molecule has 0 aliphatic carbocycles. The van der Waals surface area contributed by atoms with Crippen LogP contribution in [0.1, 0.15) is 46.0 Å². The highest BCUT2D eigenvalue weighted by Crippen LogP contribution is 2.19. The molecule has 3 atom stereocenters. The SMILES string of the molecule is C=CC[C@H](OS(=O)(=O)O)[C@@H](C)[C@@H](O)\C=C/C=C\C=C\CCCCC. The molecule has 0 aliphatic heterocycles. The predicted octanol–water partition coefficient (Wildman–Crippen LogP) is 4.00. The molecular formula is C18H30O5S. The maximum atomic E-state index is 10.9. The van der Waals surface area contributed by atoms with Crippen molar-refractivity contribution >= 4 is 10.4 Å². The standard InChI is InChI=1S/C18H30O5S/c1-4-6-7-8-9-10-11-12-13-15-17(19)16(3)18(14-5-2)23-24(20,21)22/h5,9-13,15-19H,2,4,6-8,14H2,1,3H3,(H,20,21,22)/b10-9+,12-11-,15-13-/t16-,17-,18-/m0/s1. The van der Waals surface area contributed by atoms with Crippen LogP contribution < -0.4 is 0 Å². The second-order valence-electron chi connectivity index (χ2n) is 5.63. The third-order valence-electron chi connectivity index (χ3n) is 3.52. The number of allylic oxidation sites excluding steroid dienone is 5. The summed E-state index contributed by atoms with van der Waals surface area (Å²) < 4.78 is 35.1. The summed E-state index contributed by atoms with van der Waals surface area (Å²) in [5.41, 5.74) is 0. The van der Waals surface area contributed by atoms with Gasteiger partial charge in [-0.3, -0.25) is 4.55 Å². The molecule has 0 spiro atoms. The summed E-state index contributed by atoms with van der Waals surface area (Å²) >= 11 is 0. The van der Waals surface area contributed by atoms with Crippen molar-refractivity contribution in [2.45, 2.75) is 58.2 Å². The topological polar surface area (TPSA) is 83.8 Å². The minimum Gasteiger partial charge on any atom is -0.389 e. The van der Waals surface area contributed by atoms with Crippen LogP contribution in [0.25, 0.3) is 0 Å². The zero-order valence-electron chi connectivity index (χ0n) is 14.5. The van der Waals surface area contributed by atoms with Crippen LogP contribution in [0.2, 0.25) is 0 Å². The third kappa shape index (κ3) is 12.2. The first-order valence-electron chi connectivity index (χ1n) is 8.26. The normalized spacial score (nSPS) is 16.8. The molecule has 0 fully saturated rings. The molecule has 0 radical (unpaired) electrons. The summed E-state index contributed by atoms with van der Waals surface area (Å²) in [5, 5.41) is 10.1. The molecule has 0 saturated heterocycles. The second-order valence-corrected chi connectivity index (χ2v) is 6.68. The summed E-state index contributed by atoms with van der Waals surface area (Å²) in [6, 6.07) is 0. The van der Waals surface area contributed by atoms with E-state index < -0.39 is 28.5 Å². The summed E-state index contributed by atoms with van der Waals surface area (Å²) in [6.45, 7) is 7.33. The van der Waals surface area contributed by atoms with Crippen molar-refractivity contribution in [3.8, 4) is 0 Å². The number of hydrogen-bond donors (Lipinski definition) is 2. The molecule has 0 aromatic carbocycles. The lowest BCUT2D eigenvalue weighted by molar-refractivity contribution is 0.0592. The van der Waals surface area contributed by atoms with Gasteiger partial charge in [0, 0.05) is 5.92 Å². The quantitative estimate of drug-likeness (QED) is 0.225. The molecule has 0 bridgehead atoms. The fraction of sp³-hybridized carbons (Fsp3) is 0.556. The molecular weight excluding hydrogens is 328 g/mol. The number of aliphatic hydroxyl groups excluding tert-OH is 1. The molecule has 2 N–H and O–H groups in total. The van der Waals surface area contributed by atoms with Gasteiger partial charge in [-0.15, -0.1) is 6.58 Å². The van der Waals surface area contributed by atoms with Gasteiger partial charge in [-0.1, -0.05) is 69.2 Å². The number of aliphatic hydroxyl groups is 1. The summed E-state index contributed by atoms with van der Waals surface area (Å²) in [6.07, 6.45) is 15.5. The van der Waals surface area contributed by atoms with Crippen molar-refractivity contribution < 1.29 is 22.3 Å². The molecule has 0 amide bonds. The van der Waals surface area contributed by atoms with E-state index in [0.717, 1.165) is 6.42 Å². The van der Waals surface area contributed by atoms with E-state index in [2.05, 4.69) is 23.8 Å². The van der Waals surface area contributed by atoms with Crippen molar-refractivity contribution in [2.75, 3.05) is 0 Å². The van der Waals surface area contributed by atoms with E-state index in [1.165, 1.54) is 25.3 Å². The molecule has 0 rings (SSSR count). The van der Waals surface area contributed by atoms with Crippen molar-refractivity contribution in [2.24, 2.45) is 5.92 Å². The first kappa shape index (κ1) is 22.8. The molecule has 0 heterocycles. The van der Waals surface area contributed by atoms with Crippen LogP contribution in [0.15, 0.2) is 49.1 Å². The summed E-state index contributed by atoms with van der Waals surface area (Å²) in [5.74, 6) is -0.529. The highest BCUT2D eigenvalue weighted by Gasteiger charge is 2.26. The predicted molar refractivity (Wildman–Crippen MR) is 98.0 cm³/mol. The summed E-state index contributed by atoms with van der Waals surface area (Å²) in [4.78, 5) is 0. The van der Waals surface area contributed by atoms with Gasteiger partial charge in [-0.05, 0) is 19.3 Å². The highest BCUT2D eigenvalue weighted by molar-refractivity contribution is 7.80. The first-order valence-corrected chi connectivity index (χ1v) is 9.63. The van der Waals surface area contributed by atoms with Gasteiger partial charge in [0.25, 0.3) is 0 Å². The zero-order chi connectivity index (χ0) is 18.4. The van der Waals surface area contributed by atoms with Crippen LogP contribution in [-0.4, -0.2) is 30.3 Å². The number of hydrogen-bond acceptors (Lipinski definition) is 4. The maximum absolute atomic E-state index is 10.9. The van der Waals surface area contributed by atoms with Gasteiger partial charge in [0.05, 0.1) is 12.2 Å². The molecule has 0 aromatic rings. The van der Waals surface area contributed by atoms with Crippen LogP contribution in [0.5, 0.6) is 0 Å². The van der Waals surface area contributed by atoms with Crippen molar-refractivity contribution in [3.63, 3.8) is 0 Å². The molecule has 0 aliphatic rings. The molecule has 0 unspecified atom stereocenters. The second kappa shape index (κ2) is 13.1. The van der Waals surface area contributed by atoms with Gasteiger partial charge in [-0.25, -0.2) is 4.18 Å². The highest BCUT2D eigenvalue weighted by atomic mass is 32.3. The Kier molecular flexibility index (Phi) is 12.5. The minimum absolute atomic E-state index is 0.197. The van der Waals surface area contributed by atoms with Crippen LogP contribution >= 0.6 is 0 Å². The largest absolute Gasteiger partial charge is 0.397 e.